The second-order valence-electron chi connectivity index (χ2n) is 2.40. The normalized spacial score (nSPS) is 9.33. The van der Waals surface area contributed by atoms with Gasteiger partial charge in [-0.1, -0.05) is 30.3 Å². The number of hydrogen-bond donors (Lipinski definition) is 1. The summed E-state index contributed by atoms with van der Waals surface area (Å²) in [6, 6.07) is 9.69. The first kappa shape index (κ1) is 8.59. The van der Waals surface area contributed by atoms with Crippen LogP contribution < -0.4 is 5.32 Å². The zero-order chi connectivity index (χ0) is 8.81. The van der Waals surface area contributed by atoms with E-state index in [0.717, 1.165) is 5.56 Å². The van der Waals surface area contributed by atoms with E-state index in [2.05, 4.69) is 5.32 Å². The Hall–Kier alpha value is -1.51. The van der Waals surface area contributed by atoms with Crippen molar-refractivity contribution in [2.75, 3.05) is 6.54 Å². The summed E-state index contributed by atoms with van der Waals surface area (Å²) in [6.07, 6.45) is -0.404. The largest absolute Gasteiger partial charge is 0.464 e. The smallest absolute Gasteiger partial charge is 0.426 e. The van der Waals surface area contributed by atoms with Crippen LogP contribution in [0.2, 0.25) is 0 Å². The summed E-state index contributed by atoms with van der Waals surface area (Å²) < 4.78 is 0. The fraction of sp³-hybridized carbons (Fsp3) is 0.222. The van der Waals surface area contributed by atoms with Gasteiger partial charge in [0, 0.05) is 0 Å². The molecule has 3 nitrogen and oxygen atoms in total. The summed E-state index contributed by atoms with van der Waals surface area (Å²) in [4.78, 5) is 10.0. The minimum Gasteiger partial charge on any atom is -0.464 e. The van der Waals surface area contributed by atoms with E-state index in [1.807, 2.05) is 30.3 Å². The molecule has 0 unspecified atom stereocenters. The van der Waals surface area contributed by atoms with Crippen molar-refractivity contribution in [1.29, 1.82) is 0 Å². The van der Waals surface area contributed by atoms with Crippen molar-refractivity contribution in [3.63, 3.8) is 0 Å². The fourth-order valence-electron chi connectivity index (χ4n) is 0.925. The number of nitrogens with zero attached hydrogens (tertiary/aromatic N) is 1. The molecule has 0 atom stereocenters. The lowest BCUT2D eigenvalue weighted by Crippen LogP contribution is -2.15. The Morgan fingerprint density at radius 1 is 1.33 bits per heavy atom. The maximum atomic E-state index is 10.0. The molecule has 3 heteroatoms. The molecule has 0 aliphatic heterocycles. The van der Waals surface area contributed by atoms with E-state index in [0.29, 0.717) is 13.0 Å². The van der Waals surface area contributed by atoms with Crippen LogP contribution in [0.5, 0.6) is 0 Å². The number of carboxylic acid groups (broad SMARTS) is 1. The van der Waals surface area contributed by atoms with Crippen molar-refractivity contribution >= 4 is 6.09 Å². The first-order chi connectivity index (χ1) is 5.79. The topological polar surface area (TPSA) is 51.4 Å². The van der Waals surface area contributed by atoms with E-state index in [-0.39, 0.29) is 0 Å². The molecule has 0 bridgehead atoms. The Kier molecular flexibility index (Phi) is 3.14. The van der Waals surface area contributed by atoms with Gasteiger partial charge in [0.25, 0.3) is 0 Å². The number of hydrogen-bond acceptors (Lipinski definition) is 1. The van der Waals surface area contributed by atoms with Gasteiger partial charge in [0.1, 0.15) is 0 Å². The maximum Gasteiger partial charge on any atom is 0.426 e. The van der Waals surface area contributed by atoms with Crippen LogP contribution in [0.25, 0.3) is 0 Å². The standard InChI is InChI=1S/C9H10NO2/c11-9(12)10-7-6-8-4-2-1-3-5-8/h1-5H,6-7H2,(H,11,12). The third-order valence-corrected chi connectivity index (χ3v) is 1.49. The Balaban J connectivity index is 2.29. The molecule has 12 heavy (non-hydrogen) atoms. The summed E-state index contributed by atoms with van der Waals surface area (Å²) in [5.74, 6) is 0. The first-order valence-electron chi connectivity index (χ1n) is 3.73. The molecular formula is C9H10NO2. The Morgan fingerprint density at radius 3 is 2.58 bits per heavy atom. The lowest BCUT2D eigenvalue weighted by molar-refractivity contribution is 0.193. The van der Waals surface area contributed by atoms with Crippen molar-refractivity contribution in [3.8, 4) is 0 Å². The van der Waals surface area contributed by atoms with Crippen LogP contribution in [0.15, 0.2) is 30.3 Å². The van der Waals surface area contributed by atoms with Gasteiger partial charge in [-0.3, -0.25) is 0 Å². The van der Waals surface area contributed by atoms with Crippen LogP contribution in [0.1, 0.15) is 5.56 Å². The molecule has 1 aromatic carbocycles. The zero-order valence-corrected chi connectivity index (χ0v) is 6.60. The van der Waals surface area contributed by atoms with Gasteiger partial charge in [-0.2, -0.15) is 0 Å². The molecule has 1 aromatic rings. The molecule has 0 aliphatic carbocycles. The second kappa shape index (κ2) is 4.38. The SMILES string of the molecule is O=C(O)[N]CCc1ccccc1. The van der Waals surface area contributed by atoms with Crippen molar-refractivity contribution in [2.45, 2.75) is 6.42 Å². The summed E-state index contributed by atoms with van der Waals surface area (Å²) in [5, 5.41) is 11.6. The van der Waals surface area contributed by atoms with E-state index >= 15 is 0 Å². The molecule has 63 valence electrons. The Labute approximate surface area is 71.0 Å². The third kappa shape index (κ3) is 3.05. The molecule has 0 spiro atoms. The molecule has 0 saturated heterocycles. The van der Waals surface area contributed by atoms with E-state index in [4.69, 9.17) is 5.11 Å². The van der Waals surface area contributed by atoms with Crippen molar-refractivity contribution in [3.05, 3.63) is 35.9 Å². The number of amides is 1. The molecule has 0 heterocycles. The number of rotatable bonds is 3. The van der Waals surface area contributed by atoms with Crippen LogP contribution >= 0.6 is 0 Å². The summed E-state index contributed by atoms with van der Waals surface area (Å²) in [6.45, 7) is 0.347. The van der Waals surface area contributed by atoms with Gasteiger partial charge in [-0.25, -0.2) is 10.1 Å². The molecule has 0 fully saturated rings. The minimum absolute atomic E-state index is 0.347. The molecule has 1 N–H and O–H groups in total. The van der Waals surface area contributed by atoms with Crippen molar-refractivity contribution in [2.24, 2.45) is 0 Å². The zero-order valence-electron chi connectivity index (χ0n) is 6.60. The van der Waals surface area contributed by atoms with Crippen LogP contribution in [0.4, 0.5) is 4.79 Å². The highest BCUT2D eigenvalue weighted by Gasteiger charge is 1.96. The van der Waals surface area contributed by atoms with Gasteiger partial charge in [0.2, 0.25) is 0 Å². The van der Waals surface area contributed by atoms with Crippen molar-refractivity contribution < 1.29 is 9.90 Å². The maximum absolute atomic E-state index is 10.0. The summed E-state index contributed by atoms with van der Waals surface area (Å²) in [7, 11) is 0. The highest BCUT2D eigenvalue weighted by molar-refractivity contribution is 5.63. The predicted molar refractivity (Wildman–Crippen MR) is 45.2 cm³/mol. The van der Waals surface area contributed by atoms with E-state index in [1.54, 1.807) is 0 Å². The molecule has 0 aromatic heterocycles. The van der Waals surface area contributed by atoms with Crippen LogP contribution in [0.3, 0.4) is 0 Å². The minimum atomic E-state index is -1.09. The molecule has 1 amide bonds. The summed E-state index contributed by atoms with van der Waals surface area (Å²) in [5.41, 5.74) is 1.11. The van der Waals surface area contributed by atoms with E-state index in [9.17, 15) is 4.79 Å². The van der Waals surface area contributed by atoms with Gasteiger partial charge in [0.05, 0.1) is 6.54 Å². The Morgan fingerprint density at radius 2 is 2.00 bits per heavy atom. The molecule has 1 radical (unpaired) electrons. The number of carbonyl (C=O) groups is 1. The third-order valence-electron chi connectivity index (χ3n) is 1.49. The van der Waals surface area contributed by atoms with E-state index < -0.39 is 6.09 Å². The number of benzene rings is 1. The van der Waals surface area contributed by atoms with Gasteiger partial charge in [0.15, 0.2) is 0 Å². The Bertz CT molecular complexity index is 246. The van der Waals surface area contributed by atoms with Gasteiger partial charge >= 0.3 is 6.09 Å². The lowest BCUT2D eigenvalue weighted by atomic mass is 10.1. The van der Waals surface area contributed by atoms with Crippen LogP contribution in [-0.2, 0) is 6.42 Å². The van der Waals surface area contributed by atoms with E-state index in [1.165, 1.54) is 0 Å². The van der Waals surface area contributed by atoms with Crippen LogP contribution in [-0.4, -0.2) is 17.7 Å². The summed E-state index contributed by atoms with van der Waals surface area (Å²) >= 11 is 0. The van der Waals surface area contributed by atoms with Gasteiger partial charge in [-0.15, -0.1) is 0 Å². The van der Waals surface area contributed by atoms with Gasteiger partial charge in [-0.05, 0) is 12.0 Å². The average Bonchev–Trinajstić information content (AvgIpc) is 2.05. The highest BCUT2D eigenvalue weighted by Crippen LogP contribution is 1.98. The average molecular weight is 164 g/mol. The molecule has 1 rings (SSSR count). The second-order valence-corrected chi connectivity index (χ2v) is 2.40. The fourth-order valence-corrected chi connectivity index (χ4v) is 0.925. The monoisotopic (exact) mass is 164 g/mol. The molecule has 0 saturated carbocycles. The quantitative estimate of drug-likeness (QED) is 0.736. The lowest BCUT2D eigenvalue weighted by Gasteiger charge is -1.97. The van der Waals surface area contributed by atoms with Crippen LogP contribution in [0, 0.1) is 0 Å². The molecule has 0 aliphatic rings. The highest BCUT2D eigenvalue weighted by atomic mass is 16.4. The van der Waals surface area contributed by atoms with Crippen molar-refractivity contribution in [1.82, 2.24) is 5.32 Å². The first-order valence-corrected chi connectivity index (χ1v) is 3.73. The predicted octanol–water partition coefficient (Wildman–Crippen LogP) is 1.51. The molecular weight excluding hydrogens is 154 g/mol. The van der Waals surface area contributed by atoms with Gasteiger partial charge < -0.3 is 5.11 Å².